The minimum atomic E-state index is 0.664. The maximum absolute atomic E-state index is 3.64. The number of nitrogens with one attached hydrogen (secondary N) is 1. The molecule has 0 saturated carbocycles. The molecule has 1 heterocycles. The van der Waals surface area contributed by atoms with Crippen molar-refractivity contribution in [3.8, 4) is 0 Å². The summed E-state index contributed by atoms with van der Waals surface area (Å²) in [5, 5.41) is 3.64. The molecule has 0 radical (unpaired) electrons. The third-order valence-electron chi connectivity index (χ3n) is 4.30. The van der Waals surface area contributed by atoms with Crippen LogP contribution >= 0.6 is 0 Å². The van der Waals surface area contributed by atoms with Gasteiger partial charge in [-0.2, -0.15) is 0 Å². The van der Waals surface area contributed by atoms with E-state index < -0.39 is 0 Å². The molecule has 2 atom stereocenters. The molecule has 0 aromatic heterocycles. The molecule has 2 rings (SSSR count). The fourth-order valence-corrected chi connectivity index (χ4v) is 2.88. The lowest BCUT2D eigenvalue weighted by molar-refractivity contribution is 0.257. The standard InChI is InChI=1S/C17H28N2/c1-3-17-14-19(12-7-11-18-17)13-10-15(2)16-8-5-4-6-9-16/h4-6,8-9,15,17-18H,3,7,10-14H2,1-2H3. The van der Waals surface area contributed by atoms with Crippen molar-refractivity contribution < 1.29 is 0 Å². The number of benzene rings is 1. The molecule has 19 heavy (non-hydrogen) atoms. The molecule has 2 heteroatoms. The quantitative estimate of drug-likeness (QED) is 0.874. The fraction of sp³-hybridized carbons (Fsp3) is 0.647. The summed E-state index contributed by atoms with van der Waals surface area (Å²) >= 11 is 0. The summed E-state index contributed by atoms with van der Waals surface area (Å²) < 4.78 is 0. The summed E-state index contributed by atoms with van der Waals surface area (Å²) in [6.45, 7) is 9.52. The molecular formula is C17H28N2. The highest BCUT2D eigenvalue weighted by Crippen LogP contribution is 2.19. The summed E-state index contributed by atoms with van der Waals surface area (Å²) in [5.74, 6) is 0.664. The van der Waals surface area contributed by atoms with Gasteiger partial charge in [-0.15, -0.1) is 0 Å². The SMILES string of the molecule is CCC1CN(CCC(C)c2ccccc2)CCCN1. The summed E-state index contributed by atoms with van der Waals surface area (Å²) in [5.41, 5.74) is 1.47. The van der Waals surface area contributed by atoms with E-state index in [0.29, 0.717) is 12.0 Å². The Morgan fingerprint density at radius 2 is 2.11 bits per heavy atom. The van der Waals surface area contributed by atoms with Gasteiger partial charge >= 0.3 is 0 Å². The van der Waals surface area contributed by atoms with E-state index in [9.17, 15) is 0 Å². The van der Waals surface area contributed by atoms with Crippen molar-refractivity contribution in [2.45, 2.75) is 45.1 Å². The predicted molar refractivity (Wildman–Crippen MR) is 82.6 cm³/mol. The first-order valence-corrected chi connectivity index (χ1v) is 7.80. The molecule has 1 aliphatic rings. The first kappa shape index (κ1) is 14.5. The molecular weight excluding hydrogens is 232 g/mol. The Labute approximate surface area is 118 Å². The molecule has 2 unspecified atom stereocenters. The van der Waals surface area contributed by atoms with Crippen LogP contribution < -0.4 is 5.32 Å². The summed E-state index contributed by atoms with van der Waals surface area (Å²) in [7, 11) is 0. The van der Waals surface area contributed by atoms with Crippen molar-refractivity contribution in [2.24, 2.45) is 0 Å². The molecule has 0 bridgehead atoms. The van der Waals surface area contributed by atoms with Crippen LogP contribution in [0.2, 0.25) is 0 Å². The average Bonchev–Trinajstić information content (AvgIpc) is 2.70. The topological polar surface area (TPSA) is 15.3 Å². The predicted octanol–water partition coefficient (Wildman–Crippen LogP) is 3.25. The van der Waals surface area contributed by atoms with E-state index in [1.807, 2.05) is 0 Å². The molecule has 1 saturated heterocycles. The van der Waals surface area contributed by atoms with Crippen molar-refractivity contribution in [3.63, 3.8) is 0 Å². The van der Waals surface area contributed by atoms with Gasteiger partial charge in [-0.05, 0) is 50.4 Å². The van der Waals surface area contributed by atoms with Crippen molar-refractivity contribution >= 4 is 0 Å². The van der Waals surface area contributed by atoms with Crippen LogP contribution in [-0.2, 0) is 0 Å². The van der Waals surface area contributed by atoms with Gasteiger partial charge in [0.2, 0.25) is 0 Å². The highest BCUT2D eigenvalue weighted by Gasteiger charge is 2.16. The van der Waals surface area contributed by atoms with E-state index in [-0.39, 0.29) is 0 Å². The zero-order valence-corrected chi connectivity index (χ0v) is 12.4. The normalized spacial score (nSPS) is 22.9. The Balaban J connectivity index is 1.80. The van der Waals surface area contributed by atoms with Crippen LogP contribution in [0.15, 0.2) is 30.3 Å². The van der Waals surface area contributed by atoms with Gasteiger partial charge in [-0.3, -0.25) is 0 Å². The third kappa shape index (κ3) is 4.63. The molecule has 1 N–H and O–H groups in total. The largest absolute Gasteiger partial charge is 0.313 e. The zero-order chi connectivity index (χ0) is 13.5. The molecule has 0 spiro atoms. The molecule has 1 aromatic carbocycles. The van der Waals surface area contributed by atoms with Crippen molar-refractivity contribution in [3.05, 3.63) is 35.9 Å². The van der Waals surface area contributed by atoms with Crippen LogP contribution in [0.4, 0.5) is 0 Å². The smallest absolute Gasteiger partial charge is 0.0192 e. The lowest BCUT2D eigenvalue weighted by Crippen LogP contribution is -2.37. The highest BCUT2D eigenvalue weighted by atomic mass is 15.2. The lowest BCUT2D eigenvalue weighted by Gasteiger charge is -2.25. The maximum Gasteiger partial charge on any atom is 0.0192 e. The van der Waals surface area contributed by atoms with Crippen LogP contribution in [0.5, 0.6) is 0 Å². The number of hydrogen-bond donors (Lipinski definition) is 1. The van der Waals surface area contributed by atoms with Gasteiger partial charge in [0.05, 0.1) is 0 Å². The van der Waals surface area contributed by atoms with Crippen molar-refractivity contribution in [1.29, 1.82) is 0 Å². The van der Waals surface area contributed by atoms with Gasteiger partial charge in [-0.25, -0.2) is 0 Å². The second-order valence-electron chi connectivity index (χ2n) is 5.81. The second kappa shape index (κ2) is 7.66. The van der Waals surface area contributed by atoms with E-state index in [1.54, 1.807) is 0 Å². The van der Waals surface area contributed by atoms with Gasteiger partial charge in [0.15, 0.2) is 0 Å². The Bertz CT molecular complexity index is 350. The minimum absolute atomic E-state index is 0.664. The Morgan fingerprint density at radius 1 is 1.32 bits per heavy atom. The van der Waals surface area contributed by atoms with Gasteiger partial charge in [0, 0.05) is 12.6 Å². The summed E-state index contributed by atoms with van der Waals surface area (Å²) in [6, 6.07) is 11.6. The fourth-order valence-electron chi connectivity index (χ4n) is 2.88. The van der Waals surface area contributed by atoms with E-state index >= 15 is 0 Å². The van der Waals surface area contributed by atoms with Crippen LogP contribution in [0.3, 0.4) is 0 Å². The minimum Gasteiger partial charge on any atom is -0.313 e. The van der Waals surface area contributed by atoms with Crippen LogP contribution in [0.1, 0.15) is 44.6 Å². The van der Waals surface area contributed by atoms with E-state index in [2.05, 4.69) is 54.4 Å². The Hall–Kier alpha value is -0.860. The van der Waals surface area contributed by atoms with Crippen LogP contribution in [0.25, 0.3) is 0 Å². The molecule has 1 aliphatic heterocycles. The molecule has 1 aromatic rings. The van der Waals surface area contributed by atoms with Gasteiger partial charge in [-0.1, -0.05) is 44.2 Å². The van der Waals surface area contributed by atoms with Crippen LogP contribution in [-0.4, -0.2) is 37.1 Å². The van der Waals surface area contributed by atoms with E-state index in [0.717, 1.165) is 0 Å². The van der Waals surface area contributed by atoms with E-state index in [1.165, 1.54) is 51.0 Å². The van der Waals surface area contributed by atoms with Gasteiger partial charge in [0.1, 0.15) is 0 Å². The maximum atomic E-state index is 3.64. The Kier molecular flexibility index (Phi) is 5.87. The molecule has 2 nitrogen and oxygen atoms in total. The molecule has 1 fully saturated rings. The lowest BCUT2D eigenvalue weighted by atomic mass is 9.97. The first-order chi connectivity index (χ1) is 9.29. The van der Waals surface area contributed by atoms with Gasteiger partial charge in [0.25, 0.3) is 0 Å². The Morgan fingerprint density at radius 3 is 2.84 bits per heavy atom. The second-order valence-corrected chi connectivity index (χ2v) is 5.81. The summed E-state index contributed by atoms with van der Waals surface area (Å²) in [4.78, 5) is 2.65. The van der Waals surface area contributed by atoms with Crippen LogP contribution in [0, 0.1) is 0 Å². The number of rotatable bonds is 5. The first-order valence-electron chi connectivity index (χ1n) is 7.80. The van der Waals surface area contributed by atoms with Crippen molar-refractivity contribution in [2.75, 3.05) is 26.2 Å². The van der Waals surface area contributed by atoms with E-state index in [4.69, 9.17) is 0 Å². The third-order valence-corrected chi connectivity index (χ3v) is 4.30. The number of hydrogen-bond acceptors (Lipinski definition) is 2. The molecule has 0 amide bonds. The zero-order valence-electron chi connectivity index (χ0n) is 12.4. The van der Waals surface area contributed by atoms with Gasteiger partial charge < -0.3 is 10.2 Å². The average molecular weight is 260 g/mol. The molecule has 106 valence electrons. The highest BCUT2D eigenvalue weighted by molar-refractivity contribution is 5.18. The number of nitrogens with zero attached hydrogens (tertiary/aromatic N) is 1. The summed E-state index contributed by atoms with van der Waals surface area (Å²) in [6.07, 6.45) is 3.79. The van der Waals surface area contributed by atoms with Crippen molar-refractivity contribution in [1.82, 2.24) is 10.2 Å². The molecule has 0 aliphatic carbocycles. The monoisotopic (exact) mass is 260 g/mol.